The van der Waals surface area contributed by atoms with E-state index >= 15 is 0 Å². The number of carbonyl (C=O) groups excluding carboxylic acids is 4. The Morgan fingerprint density at radius 1 is 0.275 bits per heavy atom. The fraction of sp³-hybridized carbons (Fsp3) is 0.735. The van der Waals surface area contributed by atoms with Crippen molar-refractivity contribution in [3.05, 3.63) is 109 Å². The Labute approximate surface area is 619 Å². The average Bonchev–Trinajstić information content (AvgIpc) is 0.909. The molecule has 2 unspecified atom stereocenters. The van der Waals surface area contributed by atoms with Crippen LogP contribution in [0.4, 0.5) is 0 Å². The van der Waals surface area contributed by atoms with Crippen LogP contribution in [0.25, 0.3) is 0 Å². The Balaban J connectivity index is 5.44. The Kier molecular flexibility index (Phi) is 71.8. The molecule has 5 atom stereocenters. The quantitative estimate of drug-likeness (QED) is 0.0169. The molecule has 0 amide bonds. The largest absolute Gasteiger partial charge is 0.472 e. The van der Waals surface area contributed by atoms with E-state index in [2.05, 4.69) is 113 Å². The van der Waals surface area contributed by atoms with Crippen molar-refractivity contribution in [2.24, 2.45) is 0 Å². The minimum absolute atomic E-state index is 0.0162. The third-order valence-electron chi connectivity index (χ3n) is 16.7. The van der Waals surface area contributed by atoms with Crippen LogP contribution in [0.2, 0.25) is 0 Å². The summed E-state index contributed by atoms with van der Waals surface area (Å²) in [5.74, 6) is -2.30. The maximum absolute atomic E-state index is 13.1. The van der Waals surface area contributed by atoms with Crippen LogP contribution in [-0.2, 0) is 65.4 Å². The molecule has 0 rings (SSSR count). The molecule has 0 saturated carbocycles. The number of hydrogen-bond acceptors (Lipinski definition) is 15. The molecule has 0 aromatic rings. The molecule has 0 bridgehead atoms. The van der Waals surface area contributed by atoms with Gasteiger partial charge in [0.2, 0.25) is 0 Å². The van der Waals surface area contributed by atoms with Crippen molar-refractivity contribution >= 4 is 39.5 Å². The van der Waals surface area contributed by atoms with Gasteiger partial charge in [0.25, 0.3) is 0 Å². The van der Waals surface area contributed by atoms with Crippen LogP contribution in [0.15, 0.2) is 109 Å². The summed E-state index contributed by atoms with van der Waals surface area (Å²) in [5, 5.41) is 10.6. The number of ether oxygens (including phenoxy) is 4. The van der Waals surface area contributed by atoms with Crippen molar-refractivity contribution in [3.8, 4) is 0 Å². The Morgan fingerprint density at radius 3 is 0.814 bits per heavy atom. The van der Waals surface area contributed by atoms with Crippen LogP contribution < -0.4 is 0 Å². The van der Waals surface area contributed by atoms with Gasteiger partial charge in [0.05, 0.1) is 26.4 Å². The lowest BCUT2D eigenvalue weighted by atomic mass is 10.0. The van der Waals surface area contributed by atoms with Gasteiger partial charge in [-0.1, -0.05) is 291 Å². The summed E-state index contributed by atoms with van der Waals surface area (Å²) >= 11 is 0. The van der Waals surface area contributed by atoms with Gasteiger partial charge in [-0.2, -0.15) is 0 Å². The molecule has 0 aliphatic carbocycles. The second-order valence-corrected chi connectivity index (χ2v) is 29.6. The molecule has 588 valence electrons. The van der Waals surface area contributed by atoms with Crippen molar-refractivity contribution in [2.75, 3.05) is 39.6 Å². The molecule has 0 aliphatic rings. The Morgan fingerprint density at radius 2 is 0.490 bits per heavy atom. The lowest BCUT2D eigenvalue weighted by molar-refractivity contribution is -0.161. The Hall–Kier alpha value is -4.28. The number of esters is 4. The van der Waals surface area contributed by atoms with E-state index in [1.165, 1.54) is 128 Å². The van der Waals surface area contributed by atoms with Crippen LogP contribution in [-0.4, -0.2) is 96.7 Å². The zero-order valence-corrected chi connectivity index (χ0v) is 66.0. The molecule has 0 aromatic carbocycles. The number of allylic oxidation sites excluding steroid dienone is 18. The molecule has 19 heteroatoms. The number of hydrogen-bond donors (Lipinski definition) is 3. The van der Waals surface area contributed by atoms with Crippen LogP contribution in [0.5, 0.6) is 0 Å². The number of carbonyl (C=O) groups is 4. The van der Waals surface area contributed by atoms with Crippen molar-refractivity contribution in [1.82, 2.24) is 0 Å². The zero-order valence-electron chi connectivity index (χ0n) is 64.3. The molecule has 0 heterocycles. The van der Waals surface area contributed by atoms with E-state index in [0.717, 1.165) is 116 Å². The third kappa shape index (κ3) is 74.0. The van der Waals surface area contributed by atoms with Crippen molar-refractivity contribution in [1.29, 1.82) is 0 Å². The maximum atomic E-state index is 13.1. The molecule has 17 nitrogen and oxygen atoms in total. The van der Waals surface area contributed by atoms with Crippen LogP contribution in [0.3, 0.4) is 0 Å². The average molecular weight is 1480 g/mol. The molecule has 3 N–H and O–H groups in total. The van der Waals surface area contributed by atoms with E-state index in [9.17, 15) is 43.2 Å². The van der Waals surface area contributed by atoms with Gasteiger partial charge in [0.1, 0.15) is 19.3 Å². The minimum Gasteiger partial charge on any atom is -0.462 e. The number of aliphatic hydroxyl groups is 1. The molecule has 0 fully saturated rings. The van der Waals surface area contributed by atoms with E-state index in [0.29, 0.717) is 38.5 Å². The highest BCUT2D eigenvalue weighted by molar-refractivity contribution is 7.47. The lowest BCUT2D eigenvalue weighted by Gasteiger charge is -2.21. The zero-order chi connectivity index (χ0) is 74.6. The van der Waals surface area contributed by atoms with Gasteiger partial charge in [-0.3, -0.25) is 37.3 Å². The topological polar surface area (TPSA) is 237 Å². The molecule has 0 radical (unpaired) electrons. The van der Waals surface area contributed by atoms with E-state index in [1.54, 1.807) is 0 Å². The summed E-state index contributed by atoms with van der Waals surface area (Å²) in [5.41, 5.74) is 0. The first-order valence-corrected chi connectivity index (χ1v) is 43.1. The summed E-state index contributed by atoms with van der Waals surface area (Å²) < 4.78 is 68.5. The summed E-state index contributed by atoms with van der Waals surface area (Å²) in [6.45, 7) is 4.71. The van der Waals surface area contributed by atoms with Gasteiger partial charge in [0.15, 0.2) is 12.2 Å². The summed E-state index contributed by atoms with van der Waals surface area (Å²) in [6, 6.07) is 0. The summed E-state index contributed by atoms with van der Waals surface area (Å²) in [6.07, 6.45) is 80.8. The highest BCUT2D eigenvalue weighted by Crippen LogP contribution is 2.45. The summed E-state index contributed by atoms with van der Waals surface area (Å²) in [7, 11) is -9.99. The number of unbranched alkanes of at least 4 members (excludes halogenated alkanes) is 31. The van der Waals surface area contributed by atoms with Crippen molar-refractivity contribution < 1.29 is 80.2 Å². The van der Waals surface area contributed by atoms with Gasteiger partial charge < -0.3 is 33.8 Å². The minimum atomic E-state index is -5.00. The van der Waals surface area contributed by atoms with Gasteiger partial charge in [-0.25, -0.2) is 9.13 Å². The standard InChI is InChI=1S/C83H144O17P2/c1-5-9-13-17-21-25-29-33-36-38-41-45-48-52-56-60-64-68-81(86)94-73-78(99-82(87)69-65-61-57-53-49-43-32-28-24-20-16-12-8-4)75-97-101(89,90)95-71-77(84)72-96-102(91,92)98-76-79(74-93-80(85)67-63-59-55-51-47-44-40-35-31-27-23-19-15-11-7-3)100-83(88)70-66-62-58-54-50-46-42-39-37-34-30-26-22-18-14-10-6-2/h21-22,25-26,33-37,40-42,45-46,52,54,56,58,77-79,84H,5-20,23-24,27-32,38-39,43-44,47-51,53,55,57,59-76H2,1-4H3,(H,89,90)(H,91,92)/b25-21-,26-22-,36-33-,37-34-,40-35-,45-41-,46-42-,56-52-,58-54-/t77-,78+,79+/m0/s1. The highest BCUT2D eigenvalue weighted by Gasteiger charge is 2.30. The number of aliphatic hydroxyl groups excluding tert-OH is 1. The molecule has 0 saturated heterocycles. The SMILES string of the molecule is CCCCC/C=C\C/C=C\C/C=C\C/C=C\CCCC(=O)OC[C@H](COP(=O)(O)OC[C@H](O)COP(=O)(O)OC[C@@H](COC(=O)CCCCCCC/C=C\CCCCCCCC)OC(=O)CCC/C=C\C/C=C\C/C=C\C/C=C\CCCCC)OC(=O)CCCCCCCCCCCCCCC. The van der Waals surface area contributed by atoms with Gasteiger partial charge in [-0.15, -0.1) is 0 Å². The monoisotopic (exact) mass is 1470 g/mol. The fourth-order valence-corrected chi connectivity index (χ4v) is 12.1. The lowest BCUT2D eigenvalue weighted by Crippen LogP contribution is -2.30. The van der Waals surface area contributed by atoms with Crippen molar-refractivity contribution in [3.63, 3.8) is 0 Å². The molecule has 0 spiro atoms. The van der Waals surface area contributed by atoms with Crippen LogP contribution in [0, 0.1) is 0 Å². The van der Waals surface area contributed by atoms with E-state index < -0.39 is 97.5 Å². The van der Waals surface area contributed by atoms with Gasteiger partial charge in [-0.05, 0) is 128 Å². The normalized spacial score (nSPS) is 14.5. The first-order chi connectivity index (χ1) is 49.7. The van der Waals surface area contributed by atoms with Gasteiger partial charge in [0, 0.05) is 25.7 Å². The predicted molar refractivity (Wildman–Crippen MR) is 418 cm³/mol. The van der Waals surface area contributed by atoms with E-state index in [-0.39, 0.29) is 25.7 Å². The highest BCUT2D eigenvalue weighted by atomic mass is 31.2. The third-order valence-corrected chi connectivity index (χ3v) is 18.6. The molecule has 0 aliphatic heterocycles. The van der Waals surface area contributed by atoms with Gasteiger partial charge >= 0.3 is 39.5 Å². The maximum Gasteiger partial charge on any atom is 0.472 e. The molecule has 0 aromatic heterocycles. The first-order valence-electron chi connectivity index (χ1n) is 40.1. The fourth-order valence-electron chi connectivity index (χ4n) is 10.6. The van der Waals surface area contributed by atoms with E-state index in [1.807, 2.05) is 24.3 Å². The summed E-state index contributed by atoms with van der Waals surface area (Å²) in [4.78, 5) is 72.9. The molecule has 102 heavy (non-hydrogen) atoms. The van der Waals surface area contributed by atoms with Crippen LogP contribution >= 0.6 is 15.6 Å². The smallest absolute Gasteiger partial charge is 0.462 e. The number of rotatable bonds is 75. The number of phosphoric acid groups is 2. The van der Waals surface area contributed by atoms with Crippen molar-refractivity contribution in [2.45, 2.75) is 354 Å². The number of phosphoric ester groups is 2. The molecular weight excluding hydrogens is 1330 g/mol. The second-order valence-electron chi connectivity index (χ2n) is 26.7. The van der Waals surface area contributed by atoms with E-state index in [4.69, 9.17) is 37.0 Å². The molecular formula is C83H144O17P2. The predicted octanol–water partition coefficient (Wildman–Crippen LogP) is 23.3. The van der Waals surface area contributed by atoms with Crippen LogP contribution in [0.1, 0.15) is 336 Å². The Bertz CT molecular complexity index is 2360. The second kappa shape index (κ2) is 75.0. The first kappa shape index (κ1) is 97.7.